The number of unbranched alkanes of at least 4 members (excludes halogenated alkanes) is 2. The molecule has 0 radical (unpaired) electrons. The lowest BCUT2D eigenvalue weighted by molar-refractivity contribution is -0.136. The fourth-order valence-corrected chi connectivity index (χ4v) is 10.8. The zero-order valence-electron chi connectivity index (χ0n) is 55.7. The summed E-state index contributed by atoms with van der Waals surface area (Å²) in [5.74, 6) is -8.59. The zero-order chi connectivity index (χ0) is 71.6. The highest BCUT2D eigenvalue weighted by atomic mass is 16.2. The molecular formula is C69H93N19O11. The molecule has 30 nitrogen and oxygen atoms in total. The van der Waals surface area contributed by atoms with E-state index in [0.29, 0.717) is 53.6 Å². The molecule has 0 saturated heterocycles. The number of nitrogens with two attached hydrogens (primary N) is 5. The van der Waals surface area contributed by atoms with Gasteiger partial charge in [0.2, 0.25) is 65.0 Å². The highest BCUT2D eigenvalue weighted by Crippen LogP contribution is 2.20. The van der Waals surface area contributed by atoms with Crippen molar-refractivity contribution in [1.82, 2.24) is 68.1 Å². The van der Waals surface area contributed by atoms with E-state index in [1.54, 1.807) is 97.2 Å². The number of guanidine groups is 1. The van der Waals surface area contributed by atoms with Gasteiger partial charge in [-0.1, -0.05) is 109 Å². The Balaban J connectivity index is 1.27. The van der Waals surface area contributed by atoms with E-state index >= 15 is 4.79 Å². The maximum Gasteiger partial charge on any atom is 0.243 e. The van der Waals surface area contributed by atoms with E-state index in [2.05, 4.69) is 73.1 Å². The molecule has 22 N–H and O–H groups in total. The molecule has 0 unspecified atom stereocenters. The minimum Gasteiger partial charge on any atom is -0.370 e. The first-order valence-corrected chi connectivity index (χ1v) is 33.0. The number of amides is 11. The van der Waals surface area contributed by atoms with E-state index in [1.165, 1.54) is 26.4 Å². The van der Waals surface area contributed by atoms with Crippen LogP contribution in [0.3, 0.4) is 0 Å². The summed E-state index contributed by atoms with van der Waals surface area (Å²) < 4.78 is 0. The fraction of sp³-hybridized carbons (Fsp3) is 0.406. The van der Waals surface area contributed by atoms with Gasteiger partial charge < -0.3 is 91.8 Å². The molecular weight excluding hydrogens is 1270 g/mol. The normalized spacial score (nSPS) is 13.7. The van der Waals surface area contributed by atoms with Crippen molar-refractivity contribution in [2.45, 2.75) is 152 Å². The number of fused-ring (bicyclic) bond motifs is 1. The third-order valence-electron chi connectivity index (χ3n) is 16.1. The van der Waals surface area contributed by atoms with Crippen molar-refractivity contribution in [3.8, 4) is 0 Å². The van der Waals surface area contributed by atoms with Crippen LogP contribution in [0.25, 0.3) is 10.9 Å². The maximum absolute atomic E-state index is 15.1. The maximum atomic E-state index is 15.1. The smallest absolute Gasteiger partial charge is 0.243 e. The van der Waals surface area contributed by atoms with Gasteiger partial charge in [0, 0.05) is 74.6 Å². The quantitative estimate of drug-likeness (QED) is 0.0121. The Hall–Kier alpha value is -11.0. The number of hydrogen-bond acceptors (Lipinski definition) is 15. The second kappa shape index (κ2) is 40.5. The number of primary amides is 1. The number of aromatic nitrogens is 3. The van der Waals surface area contributed by atoms with Crippen molar-refractivity contribution in [1.29, 1.82) is 0 Å². The molecule has 6 aromatic rings. The molecule has 9 atom stereocenters. The van der Waals surface area contributed by atoms with Crippen LogP contribution in [0.1, 0.15) is 93.2 Å². The van der Waals surface area contributed by atoms with Crippen LogP contribution in [0.15, 0.2) is 139 Å². The average molecular weight is 1360 g/mol. The molecule has 2 aromatic heterocycles. The van der Waals surface area contributed by atoms with E-state index in [-0.39, 0.29) is 83.4 Å². The average Bonchev–Trinajstić information content (AvgIpc) is 1.79. The number of aromatic amines is 2. The number of carbonyl (C=O) groups is 11. The van der Waals surface area contributed by atoms with Crippen LogP contribution in [-0.4, -0.2) is 166 Å². The molecule has 0 aliphatic rings. The lowest BCUT2D eigenvalue weighted by Crippen LogP contribution is -2.61. The molecule has 30 heteroatoms. The largest absolute Gasteiger partial charge is 0.370 e. The van der Waals surface area contributed by atoms with Gasteiger partial charge in [-0.25, -0.2) is 4.98 Å². The first-order valence-electron chi connectivity index (χ1n) is 33.0. The summed E-state index contributed by atoms with van der Waals surface area (Å²) in [6.45, 7) is 2.71. The SMILES string of the molecule is CC(=O)NCC(=O)N[C@@H](Cc1ccccc1)C(=O)N[C@@H](CCCN=C(N)N)C(=O)N[C@@H](CCCCN)C(=O)N[C@@H](Cc1ccccc1)C(=O)N[C@@H](Cc1cnc[nH]1)C(=O)N[C@@H](CCCCN)C(=O)N[C@@H](Cc1ccccc1)C(=O)N[C@@H](Cc1c[nH]c2ccccc12)C(=O)N[C@@H](C)C(N)=O. The highest BCUT2D eigenvalue weighted by molar-refractivity contribution is 5.99. The Morgan fingerprint density at radius 2 is 0.848 bits per heavy atom. The summed E-state index contributed by atoms with van der Waals surface area (Å²) in [5, 5.41) is 28.0. The van der Waals surface area contributed by atoms with E-state index < -0.39 is 126 Å². The van der Waals surface area contributed by atoms with Gasteiger partial charge in [-0.2, -0.15) is 0 Å². The number of nitrogens with zero attached hydrogens (tertiary/aromatic N) is 2. The summed E-state index contributed by atoms with van der Waals surface area (Å²) in [7, 11) is 0. The second-order valence-corrected chi connectivity index (χ2v) is 24.0. The van der Waals surface area contributed by atoms with Crippen molar-refractivity contribution in [3.63, 3.8) is 0 Å². The number of para-hydroxylation sites is 1. The fourth-order valence-electron chi connectivity index (χ4n) is 10.8. The molecule has 2 heterocycles. The summed E-state index contributed by atoms with van der Waals surface area (Å²) in [6.07, 6.45) is 5.62. The van der Waals surface area contributed by atoms with Crippen LogP contribution in [0.4, 0.5) is 0 Å². The van der Waals surface area contributed by atoms with Crippen LogP contribution in [0.5, 0.6) is 0 Å². The van der Waals surface area contributed by atoms with E-state index in [9.17, 15) is 47.9 Å². The number of nitrogens with one attached hydrogen (secondary N) is 12. The zero-order valence-corrected chi connectivity index (χ0v) is 55.7. The number of aliphatic imine (C=N–C) groups is 1. The number of rotatable bonds is 42. The van der Waals surface area contributed by atoms with Crippen molar-refractivity contribution in [2.75, 3.05) is 26.2 Å². The van der Waals surface area contributed by atoms with E-state index in [1.807, 2.05) is 24.3 Å². The van der Waals surface area contributed by atoms with Gasteiger partial charge in [0.1, 0.15) is 54.4 Å². The number of benzene rings is 4. The van der Waals surface area contributed by atoms with Gasteiger partial charge in [0.05, 0.1) is 12.9 Å². The molecule has 0 spiro atoms. The molecule has 0 aliphatic heterocycles. The Morgan fingerprint density at radius 3 is 1.27 bits per heavy atom. The van der Waals surface area contributed by atoms with E-state index in [4.69, 9.17) is 28.7 Å². The summed E-state index contributed by atoms with van der Waals surface area (Å²) in [5.41, 5.74) is 32.3. The highest BCUT2D eigenvalue weighted by Gasteiger charge is 2.36. The molecule has 0 fully saturated rings. The van der Waals surface area contributed by atoms with Gasteiger partial charge in [-0.15, -0.1) is 0 Å². The molecule has 11 amide bonds. The van der Waals surface area contributed by atoms with E-state index in [0.717, 1.165) is 10.9 Å². The number of hydrogen-bond donors (Lipinski definition) is 17. The molecule has 0 saturated carbocycles. The Morgan fingerprint density at radius 1 is 0.455 bits per heavy atom. The third-order valence-corrected chi connectivity index (χ3v) is 16.1. The van der Waals surface area contributed by atoms with Gasteiger partial charge in [-0.3, -0.25) is 57.7 Å². The van der Waals surface area contributed by atoms with Crippen molar-refractivity contribution in [2.24, 2.45) is 33.7 Å². The topological polar surface area (TPSA) is 495 Å². The van der Waals surface area contributed by atoms with Crippen LogP contribution in [0, 0.1) is 0 Å². The number of imidazole rings is 1. The number of H-pyrrole nitrogens is 2. The molecule has 6 rings (SSSR count). The third kappa shape index (κ3) is 26.5. The number of carbonyl (C=O) groups excluding carboxylic acids is 11. The van der Waals surface area contributed by atoms with Gasteiger partial charge in [-0.05, 0) is 99.7 Å². The Kier molecular flexibility index (Phi) is 31.5. The van der Waals surface area contributed by atoms with Crippen molar-refractivity contribution in [3.05, 3.63) is 162 Å². The molecule has 0 aliphatic carbocycles. The predicted octanol–water partition coefficient (Wildman–Crippen LogP) is -1.28. The van der Waals surface area contributed by atoms with Crippen LogP contribution in [0.2, 0.25) is 0 Å². The lowest BCUT2D eigenvalue weighted by Gasteiger charge is -2.28. The summed E-state index contributed by atoms with van der Waals surface area (Å²) in [4.78, 5) is 169. The summed E-state index contributed by atoms with van der Waals surface area (Å²) in [6, 6.07) is 21.6. The van der Waals surface area contributed by atoms with Gasteiger partial charge in [0.25, 0.3) is 0 Å². The van der Waals surface area contributed by atoms with Crippen LogP contribution < -0.4 is 81.8 Å². The minimum atomic E-state index is -1.47. The predicted molar refractivity (Wildman–Crippen MR) is 371 cm³/mol. The first-order chi connectivity index (χ1) is 47.6. The monoisotopic (exact) mass is 1360 g/mol. The van der Waals surface area contributed by atoms with Crippen molar-refractivity contribution >= 4 is 81.8 Å². The lowest BCUT2D eigenvalue weighted by atomic mass is 10.0. The Bertz CT molecular complexity index is 3650. The Labute approximate surface area is 573 Å². The molecule has 99 heavy (non-hydrogen) atoms. The second-order valence-electron chi connectivity index (χ2n) is 24.0. The molecule has 0 bridgehead atoms. The van der Waals surface area contributed by atoms with Crippen LogP contribution >= 0.6 is 0 Å². The van der Waals surface area contributed by atoms with Gasteiger partial charge in [0.15, 0.2) is 5.96 Å². The van der Waals surface area contributed by atoms with Gasteiger partial charge >= 0.3 is 0 Å². The first kappa shape index (κ1) is 77.0. The minimum absolute atomic E-state index is 0.00242. The summed E-state index contributed by atoms with van der Waals surface area (Å²) >= 11 is 0. The molecule has 530 valence electrons. The standard InChI is InChI=1S/C69H93N19O11/c1-42(60(72)91)80-64(95)57(36-47-38-78-50-26-13-12-25-49(47)50)87-66(97)55(34-45-21-8-4-9-22-45)85-63(94)52(28-15-17-31-71)83-68(99)58(37-48-39-75-41-79-48)88-67(98)56(35-46-23-10-5-11-24-46)86-62(93)51(27-14-16-30-70)82-61(92)53(29-18-32-76-69(73)74)84-65(96)54(33-44-19-6-3-7-20-44)81-59(90)40-77-43(2)89/h3-13,19-26,38-39,41-42,51-58,78H,14-18,27-37,40,70-71H2,1-2H3,(H2,72,91)(H,75,79)(H,77,89)(H,80,95)(H,81,90)(H,82,92)(H,83,99)(H,84,96)(H,85,94)(H,86,93)(H,87,97)(H,88,98)(H4,73,74,76)/t42-,51-,52-,53-,54-,55-,56-,57-,58-/m0/s1. The van der Waals surface area contributed by atoms with Crippen LogP contribution in [-0.2, 0) is 84.8 Å². The van der Waals surface area contributed by atoms with Crippen molar-refractivity contribution < 1.29 is 52.7 Å². The molecule has 4 aromatic carbocycles.